The number of aromatic amines is 1. The van der Waals surface area contributed by atoms with E-state index in [1.807, 2.05) is 47.4 Å². The van der Waals surface area contributed by atoms with Crippen molar-refractivity contribution < 1.29 is 4.79 Å². The van der Waals surface area contributed by atoms with Crippen molar-refractivity contribution in [2.45, 2.75) is 31.8 Å². The number of piperidine rings is 1. The number of H-pyrrole nitrogens is 1. The van der Waals surface area contributed by atoms with Crippen LogP contribution < -0.4 is 5.32 Å². The number of hydrogen-bond donors (Lipinski definition) is 2. The minimum Gasteiger partial charge on any atom is -0.357 e. The molecule has 3 aromatic rings. The number of para-hydroxylation sites is 1. The van der Waals surface area contributed by atoms with Crippen molar-refractivity contribution in [2.75, 3.05) is 13.1 Å². The van der Waals surface area contributed by atoms with Crippen molar-refractivity contribution in [1.82, 2.24) is 15.2 Å². The van der Waals surface area contributed by atoms with E-state index < -0.39 is 0 Å². The molecule has 0 saturated carbocycles. The third kappa shape index (κ3) is 3.65. The van der Waals surface area contributed by atoms with Gasteiger partial charge in [0.2, 0.25) is 5.91 Å². The van der Waals surface area contributed by atoms with Gasteiger partial charge in [-0.1, -0.05) is 48.5 Å². The van der Waals surface area contributed by atoms with Gasteiger partial charge in [-0.05, 0) is 42.3 Å². The summed E-state index contributed by atoms with van der Waals surface area (Å²) in [5.41, 5.74) is 3.25. The quantitative estimate of drug-likeness (QED) is 0.732. The second kappa shape index (κ2) is 7.75. The summed E-state index contributed by atoms with van der Waals surface area (Å²) in [6.07, 6.45) is 3.44. The summed E-state index contributed by atoms with van der Waals surface area (Å²) in [6, 6.07) is 20.1. The minimum atomic E-state index is -0.305. The summed E-state index contributed by atoms with van der Waals surface area (Å²) in [5, 5.41) is 4.69. The summed E-state index contributed by atoms with van der Waals surface area (Å²) in [4.78, 5) is 18.6. The fraction of sp³-hybridized carbons (Fsp3) is 0.318. The lowest BCUT2D eigenvalue weighted by molar-refractivity contribution is -0.134. The van der Waals surface area contributed by atoms with E-state index in [1.54, 1.807) is 0 Å². The van der Waals surface area contributed by atoms with Gasteiger partial charge < -0.3 is 9.88 Å². The lowest BCUT2D eigenvalue weighted by atomic mass is 10.0. The predicted octanol–water partition coefficient (Wildman–Crippen LogP) is 4.01. The first kappa shape index (κ1) is 16.9. The maximum absolute atomic E-state index is 13.1. The van der Waals surface area contributed by atoms with Gasteiger partial charge in [0.05, 0.1) is 0 Å². The van der Waals surface area contributed by atoms with Crippen LogP contribution in [0.15, 0.2) is 60.7 Å². The zero-order valence-electron chi connectivity index (χ0n) is 14.9. The van der Waals surface area contributed by atoms with E-state index in [0.29, 0.717) is 6.54 Å². The van der Waals surface area contributed by atoms with Crippen molar-refractivity contribution in [3.8, 4) is 0 Å². The Kier molecular flexibility index (Phi) is 5.02. The van der Waals surface area contributed by atoms with Crippen LogP contribution in [-0.4, -0.2) is 28.9 Å². The molecule has 1 saturated heterocycles. The molecule has 26 heavy (non-hydrogen) atoms. The second-order valence-electron chi connectivity index (χ2n) is 6.99. The van der Waals surface area contributed by atoms with Gasteiger partial charge in [0.25, 0.3) is 0 Å². The van der Waals surface area contributed by atoms with Crippen molar-refractivity contribution in [3.05, 3.63) is 71.9 Å². The molecule has 2 N–H and O–H groups in total. The molecule has 1 aliphatic heterocycles. The third-order valence-corrected chi connectivity index (χ3v) is 5.13. The van der Waals surface area contributed by atoms with E-state index in [4.69, 9.17) is 0 Å². The van der Waals surface area contributed by atoms with Gasteiger partial charge in [0.1, 0.15) is 6.04 Å². The molecule has 1 aliphatic rings. The first-order valence-electron chi connectivity index (χ1n) is 9.45. The monoisotopic (exact) mass is 347 g/mol. The Hall–Kier alpha value is -2.59. The van der Waals surface area contributed by atoms with Gasteiger partial charge in [-0.25, -0.2) is 0 Å². The number of hydrogen-bond acceptors (Lipinski definition) is 2. The van der Waals surface area contributed by atoms with Crippen LogP contribution in [0.3, 0.4) is 0 Å². The summed E-state index contributed by atoms with van der Waals surface area (Å²) in [6.45, 7) is 2.38. The van der Waals surface area contributed by atoms with E-state index in [9.17, 15) is 4.79 Å². The van der Waals surface area contributed by atoms with Crippen LogP contribution in [0, 0.1) is 0 Å². The molecule has 0 aliphatic carbocycles. The molecular weight excluding hydrogens is 322 g/mol. The maximum Gasteiger partial charge on any atom is 0.244 e. The molecule has 4 rings (SSSR count). The molecule has 1 fully saturated rings. The smallest absolute Gasteiger partial charge is 0.244 e. The van der Waals surface area contributed by atoms with Gasteiger partial charge in [0.15, 0.2) is 0 Å². The first-order chi connectivity index (χ1) is 12.8. The number of nitrogens with zero attached hydrogens (tertiary/aromatic N) is 1. The molecule has 0 spiro atoms. The molecule has 2 aromatic carbocycles. The number of fused-ring (bicyclic) bond motifs is 1. The highest BCUT2D eigenvalue weighted by Crippen LogP contribution is 2.21. The average Bonchev–Trinajstić information content (AvgIpc) is 3.12. The van der Waals surface area contributed by atoms with E-state index in [1.165, 1.54) is 11.8 Å². The van der Waals surface area contributed by atoms with Crippen molar-refractivity contribution >= 4 is 16.8 Å². The molecule has 0 bridgehead atoms. The van der Waals surface area contributed by atoms with Crippen LogP contribution in [0.5, 0.6) is 0 Å². The van der Waals surface area contributed by atoms with Crippen LogP contribution in [0.1, 0.15) is 36.6 Å². The Balaban J connectivity index is 1.53. The SMILES string of the molecule is O=C(C(NCc1cc2ccccc2[nH]1)c1ccccc1)N1CCCCC1. The fourth-order valence-electron chi connectivity index (χ4n) is 3.73. The van der Waals surface area contributed by atoms with Crippen LogP contribution in [0.2, 0.25) is 0 Å². The van der Waals surface area contributed by atoms with Crippen LogP contribution in [0.4, 0.5) is 0 Å². The molecule has 134 valence electrons. The summed E-state index contributed by atoms with van der Waals surface area (Å²) >= 11 is 0. The lowest BCUT2D eigenvalue weighted by Crippen LogP contribution is -2.43. The highest BCUT2D eigenvalue weighted by atomic mass is 16.2. The highest BCUT2D eigenvalue weighted by Gasteiger charge is 2.26. The van der Waals surface area contributed by atoms with Gasteiger partial charge in [-0.2, -0.15) is 0 Å². The fourth-order valence-corrected chi connectivity index (χ4v) is 3.73. The molecule has 1 unspecified atom stereocenters. The van der Waals surface area contributed by atoms with E-state index in [2.05, 4.69) is 28.5 Å². The summed E-state index contributed by atoms with van der Waals surface area (Å²) in [5.74, 6) is 0.187. The zero-order chi connectivity index (χ0) is 17.8. The number of amides is 1. The normalized spacial score (nSPS) is 15.9. The van der Waals surface area contributed by atoms with Crippen LogP contribution in [-0.2, 0) is 11.3 Å². The lowest BCUT2D eigenvalue weighted by Gasteiger charge is -2.31. The minimum absolute atomic E-state index is 0.187. The van der Waals surface area contributed by atoms with Gasteiger partial charge >= 0.3 is 0 Å². The Labute approximate surface area is 154 Å². The first-order valence-corrected chi connectivity index (χ1v) is 9.45. The average molecular weight is 347 g/mol. The van der Waals surface area contributed by atoms with Crippen LogP contribution >= 0.6 is 0 Å². The summed E-state index contributed by atoms with van der Waals surface area (Å²) in [7, 11) is 0. The van der Waals surface area contributed by atoms with Crippen LogP contribution in [0.25, 0.3) is 10.9 Å². The van der Waals surface area contributed by atoms with Crippen molar-refractivity contribution in [2.24, 2.45) is 0 Å². The largest absolute Gasteiger partial charge is 0.357 e. The topological polar surface area (TPSA) is 48.1 Å². The second-order valence-corrected chi connectivity index (χ2v) is 6.99. The van der Waals surface area contributed by atoms with Crippen molar-refractivity contribution in [1.29, 1.82) is 0 Å². The zero-order valence-corrected chi connectivity index (χ0v) is 14.9. The standard InChI is InChI=1S/C22H25N3O/c26-22(25-13-7-2-8-14-25)21(17-9-3-1-4-10-17)23-16-19-15-18-11-5-6-12-20(18)24-19/h1,3-6,9-12,15,21,23-24H,2,7-8,13-14,16H2. The molecule has 0 radical (unpaired) electrons. The number of likely N-dealkylation sites (tertiary alicyclic amines) is 1. The third-order valence-electron chi connectivity index (χ3n) is 5.13. The molecule has 1 aromatic heterocycles. The Morgan fingerprint density at radius 3 is 2.50 bits per heavy atom. The van der Waals surface area contributed by atoms with Crippen molar-refractivity contribution in [3.63, 3.8) is 0 Å². The number of rotatable bonds is 5. The number of nitrogens with one attached hydrogen (secondary N) is 2. The predicted molar refractivity (Wildman–Crippen MR) is 105 cm³/mol. The number of carbonyl (C=O) groups excluding carboxylic acids is 1. The van der Waals surface area contributed by atoms with Gasteiger partial charge in [0, 0.05) is 30.8 Å². The van der Waals surface area contributed by atoms with Gasteiger partial charge in [-0.3, -0.25) is 10.1 Å². The molecule has 1 atom stereocenters. The molecule has 4 heteroatoms. The van der Waals surface area contributed by atoms with E-state index in [-0.39, 0.29) is 11.9 Å². The number of carbonyl (C=O) groups is 1. The van der Waals surface area contributed by atoms with E-state index >= 15 is 0 Å². The molecule has 1 amide bonds. The molecular formula is C22H25N3O. The highest BCUT2D eigenvalue weighted by molar-refractivity contribution is 5.83. The number of aromatic nitrogens is 1. The van der Waals surface area contributed by atoms with Gasteiger partial charge in [-0.15, -0.1) is 0 Å². The Morgan fingerprint density at radius 1 is 1.00 bits per heavy atom. The Bertz CT molecular complexity index is 832. The maximum atomic E-state index is 13.1. The number of benzene rings is 2. The summed E-state index contributed by atoms with van der Waals surface area (Å²) < 4.78 is 0. The Morgan fingerprint density at radius 2 is 1.73 bits per heavy atom. The van der Waals surface area contributed by atoms with E-state index in [0.717, 1.165) is 42.7 Å². The molecule has 4 nitrogen and oxygen atoms in total. The molecule has 2 heterocycles.